The van der Waals surface area contributed by atoms with E-state index in [4.69, 9.17) is 5.73 Å². The Morgan fingerprint density at radius 1 is 1.44 bits per heavy atom. The van der Waals surface area contributed by atoms with E-state index in [1.54, 1.807) is 12.1 Å². The second-order valence-electron chi connectivity index (χ2n) is 4.87. The van der Waals surface area contributed by atoms with Crippen molar-refractivity contribution < 1.29 is 9.90 Å². The lowest BCUT2D eigenvalue weighted by molar-refractivity contribution is 0.0498. The summed E-state index contributed by atoms with van der Waals surface area (Å²) in [5.41, 5.74) is 5.98. The highest BCUT2D eigenvalue weighted by Crippen LogP contribution is 2.11. The number of hydrogen-bond acceptors (Lipinski definition) is 3. The van der Waals surface area contributed by atoms with Gasteiger partial charge in [0, 0.05) is 18.7 Å². The molecule has 4 nitrogen and oxygen atoms in total. The van der Waals surface area contributed by atoms with Gasteiger partial charge in [-0.3, -0.25) is 4.79 Å². The third kappa shape index (κ3) is 4.47. The third-order valence-corrected chi connectivity index (χ3v) is 2.89. The summed E-state index contributed by atoms with van der Waals surface area (Å²) in [5.74, 6) is -0.423. The van der Waals surface area contributed by atoms with Crippen LogP contribution in [0.4, 0.5) is 0 Å². The number of aliphatic hydroxyl groups is 1. The predicted molar refractivity (Wildman–Crippen MR) is 72.2 cm³/mol. The van der Waals surface area contributed by atoms with Crippen molar-refractivity contribution in [2.24, 2.45) is 5.73 Å². The minimum Gasteiger partial charge on any atom is -0.389 e. The van der Waals surface area contributed by atoms with Crippen molar-refractivity contribution in [2.45, 2.75) is 38.8 Å². The molecule has 0 heterocycles. The Morgan fingerprint density at radius 2 is 2.11 bits per heavy atom. The maximum Gasteiger partial charge on any atom is 0.249 e. The number of nitrogens with one attached hydrogen (secondary N) is 1. The standard InChI is InChI=1S/C14H22N2O2/c1-3-8-14(2,18)10-16-9-11-6-4-5-7-12(11)13(15)17/h4-7,16,18H,3,8-10H2,1-2H3,(H2,15,17). The van der Waals surface area contributed by atoms with Gasteiger partial charge < -0.3 is 16.2 Å². The number of primary amides is 1. The molecule has 1 unspecified atom stereocenters. The van der Waals surface area contributed by atoms with Gasteiger partial charge in [0.1, 0.15) is 0 Å². The van der Waals surface area contributed by atoms with Gasteiger partial charge in [-0.25, -0.2) is 0 Å². The zero-order chi connectivity index (χ0) is 13.6. The van der Waals surface area contributed by atoms with Crippen molar-refractivity contribution in [3.63, 3.8) is 0 Å². The highest BCUT2D eigenvalue weighted by Gasteiger charge is 2.18. The van der Waals surface area contributed by atoms with Gasteiger partial charge in [-0.2, -0.15) is 0 Å². The number of rotatable bonds is 7. The number of carbonyl (C=O) groups excluding carboxylic acids is 1. The molecule has 4 heteroatoms. The summed E-state index contributed by atoms with van der Waals surface area (Å²) in [4.78, 5) is 11.2. The van der Waals surface area contributed by atoms with Crippen molar-refractivity contribution in [1.82, 2.24) is 5.32 Å². The highest BCUT2D eigenvalue weighted by atomic mass is 16.3. The lowest BCUT2D eigenvalue weighted by Gasteiger charge is -2.23. The van der Waals surface area contributed by atoms with E-state index in [0.29, 0.717) is 18.7 Å². The Hall–Kier alpha value is -1.39. The van der Waals surface area contributed by atoms with Gasteiger partial charge in [0.15, 0.2) is 0 Å². The Balaban J connectivity index is 2.56. The van der Waals surface area contributed by atoms with Crippen molar-refractivity contribution in [3.05, 3.63) is 35.4 Å². The van der Waals surface area contributed by atoms with E-state index in [0.717, 1.165) is 18.4 Å². The summed E-state index contributed by atoms with van der Waals surface area (Å²) in [6.07, 6.45) is 1.68. The number of nitrogens with two attached hydrogens (primary N) is 1. The highest BCUT2D eigenvalue weighted by molar-refractivity contribution is 5.94. The first kappa shape index (κ1) is 14.7. The Morgan fingerprint density at radius 3 is 2.72 bits per heavy atom. The minimum absolute atomic E-state index is 0.423. The van der Waals surface area contributed by atoms with Crippen LogP contribution in [0.5, 0.6) is 0 Å². The maximum absolute atomic E-state index is 11.2. The summed E-state index contributed by atoms with van der Waals surface area (Å²) < 4.78 is 0. The topological polar surface area (TPSA) is 75.3 Å². The molecule has 0 bridgehead atoms. The monoisotopic (exact) mass is 250 g/mol. The molecule has 0 saturated heterocycles. The largest absolute Gasteiger partial charge is 0.389 e. The van der Waals surface area contributed by atoms with Crippen LogP contribution in [0.1, 0.15) is 42.6 Å². The number of hydrogen-bond donors (Lipinski definition) is 3. The molecule has 18 heavy (non-hydrogen) atoms. The van der Waals surface area contributed by atoms with Crippen LogP contribution in [-0.2, 0) is 6.54 Å². The lowest BCUT2D eigenvalue weighted by Crippen LogP contribution is -2.37. The quantitative estimate of drug-likeness (QED) is 0.685. The molecule has 0 spiro atoms. The SMILES string of the molecule is CCCC(C)(O)CNCc1ccccc1C(N)=O. The number of amides is 1. The fourth-order valence-corrected chi connectivity index (χ4v) is 2.01. The van der Waals surface area contributed by atoms with Gasteiger partial charge >= 0.3 is 0 Å². The summed E-state index contributed by atoms with van der Waals surface area (Å²) in [6.45, 7) is 4.87. The molecule has 0 aromatic heterocycles. The summed E-state index contributed by atoms with van der Waals surface area (Å²) in [7, 11) is 0. The van der Waals surface area contributed by atoms with E-state index in [1.807, 2.05) is 26.0 Å². The first-order chi connectivity index (χ1) is 8.46. The third-order valence-electron chi connectivity index (χ3n) is 2.89. The van der Waals surface area contributed by atoms with Gasteiger partial charge in [-0.05, 0) is 25.0 Å². The molecule has 1 amide bonds. The molecule has 1 aromatic carbocycles. The average molecular weight is 250 g/mol. The van der Waals surface area contributed by atoms with Gasteiger partial charge in [0.2, 0.25) is 5.91 Å². The Kier molecular flexibility index (Phi) is 5.31. The van der Waals surface area contributed by atoms with E-state index in [-0.39, 0.29) is 0 Å². The molecule has 1 rings (SSSR count). The van der Waals surface area contributed by atoms with Crippen LogP contribution in [0.3, 0.4) is 0 Å². The molecule has 1 atom stereocenters. The van der Waals surface area contributed by atoms with Crippen LogP contribution in [0.15, 0.2) is 24.3 Å². The number of carbonyl (C=O) groups is 1. The average Bonchev–Trinajstić information content (AvgIpc) is 2.29. The van der Waals surface area contributed by atoms with Crippen LogP contribution in [0.2, 0.25) is 0 Å². The van der Waals surface area contributed by atoms with Crippen LogP contribution in [0.25, 0.3) is 0 Å². The first-order valence-electron chi connectivity index (χ1n) is 6.27. The van der Waals surface area contributed by atoms with Crippen LogP contribution >= 0.6 is 0 Å². The fraction of sp³-hybridized carbons (Fsp3) is 0.500. The first-order valence-corrected chi connectivity index (χ1v) is 6.27. The van der Waals surface area contributed by atoms with Crippen molar-refractivity contribution in [2.75, 3.05) is 6.54 Å². The predicted octanol–water partition coefficient (Wildman–Crippen LogP) is 1.43. The Labute approximate surface area is 108 Å². The molecule has 1 aromatic rings. The van der Waals surface area contributed by atoms with Gasteiger partial charge in [-0.1, -0.05) is 31.5 Å². The Bertz CT molecular complexity index is 403. The van der Waals surface area contributed by atoms with Crippen LogP contribution in [-0.4, -0.2) is 23.2 Å². The summed E-state index contributed by atoms with van der Waals surface area (Å²) >= 11 is 0. The van der Waals surface area contributed by atoms with E-state index >= 15 is 0 Å². The molecule has 0 aliphatic rings. The van der Waals surface area contributed by atoms with E-state index in [1.165, 1.54) is 0 Å². The van der Waals surface area contributed by atoms with Crippen LogP contribution < -0.4 is 11.1 Å². The van der Waals surface area contributed by atoms with E-state index in [9.17, 15) is 9.90 Å². The van der Waals surface area contributed by atoms with Gasteiger partial charge in [0.25, 0.3) is 0 Å². The molecule has 0 radical (unpaired) electrons. The van der Waals surface area contributed by atoms with Crippen molar-refractivity contribution in [1.29, 1.82) is 0 Å². The molecular weight excluding hydrogens is 228 g/mol. The minimum atomic E-state index is -0.712. The summed E-state index contributed by atoms with van der Waals surface area (Å²) in [6, 6.07) is 7.23. The fourth-order valence-electron chi connectivity index (χ4n) is 2.01. The lowest BCUT2D eigenvalue weighted by atomic mass is 10.0. The molecule has 4 N–H and O–H groups in total. The zero-order valence-electron chi connectivity index (χ0n) is 11.1. The molecular formula is C14H22N2O2. The second-order valence-corrected chi connectivity index (χ2v) is 4.87. The number of benzene rings is 1. The van der Waals surface area contributed by atoms with Gasteiger partial charge in [-0.15, -0.1) is 0 Å². The smallest absolute Gasteiger partial charge is 0.249 e. The molecule has 0 fully saturated rings. The maximum atomic E-state index is 11.2. The normalized spacial score (nSPS) is 14.2. The van der Waals surface area contributed by atoms with Crippen molar-refractivity contribution in [3.8, 4) is 0 Å². The molecule has 0 aliphatic carbocycles. The van der Waals surface area contributed by atoms with Crippen LogP contribution in [0, 0.1) is 0 Å². The van der Waals surface area contributed by atoms with E-state index < -0.39 is 11.5 Å². The van der Waals surface area contributed by atoms with Crippen molar-refractivity contribution >= 4 is 5.91 Å². The summed E-state index contributed by atoms with van der Waals surface area (Å²) in [5, 5.41) is 13.2. The molecule has 0 aliphatic heterocycles. The zero-order valence-corrected chi connectivity index (χ0v) is 11.1. The van der Waals surface area contributed by atoms with Gasteiger partial charge in [0.05, 0.1) is 5.60 Å². The molecule has 0 saturated carbocycles. The van der Waals surface area contributed by atoms with E-state index in [2.05, 4.69) is 5.32 Å². The molecule has 100 valence electrons. The second kappa shape index (κ2) is 6.52.